The molecule has 28 heavy (non-hydrogen) atoms. The van der Waals surface area contributed by atoms with Crippen molar-refractivity contribution in [3.63, 3.8) is 0 Å². The Bertz CT molecular complexity index is 351. The highest BCUT2D eigenvalue weighted by Gasteiger charge is 2.09. The van der Waals surface area contributed by atoms with E-state index in [0.717, 1.165) is 12.8 Å². The molecular weight excluding hydrogens is 352 g/mol. The van der Waals surface area contributed by atoms with Gasteiger partial charge in [-0.05, 0) is 12.8 Å². The van der Waals surface area contributed by atoms with Gasteiger partial charge in [-0.15, -0.1) is 0 Å². The zero-order valence-electron chi connectivity index (χ0n) is 18.4. The van der Waals surface area contributed by atoms with Crippen molar-refractivity contribution in [2.75, 3.05) is 13.2 Å². The van der Waals surface area contributed by atoms with Crippen molar-refractivity contribution >= 4 is 5.97 Å². The van der Waals surface area contributed by atoms with Gasteiger partial charge >= 0.3 is 5.97 Å². The van der Waals surface area contributed by atoms with Crippen LogP contribution >= 0.6 is 0 Å². The van der Waals surface area contributed by atoms with Crippen LogP contribution in [-0.2, 0) is 9.53 Å². The third-order valence-electron chi connectivity index (χ3n) is 5.17. The fourth-order valence-electron chi connectivity index (χ4n) is 3.33. The average Bonchev–Trinajstić information content (AvgIpc) is 2.71. The lowest BCUT2D eigenvalue weighted by Crippen LogP contribution is -2.24. The zero-order valence-corrected chi connectivity index (χ0v) is 18.4. The Labute approximate surface area is 173 Å². The van der Waals surface area contributed by atoms with E-state index in [9.17, 15) is 4.79 Å². The summed E-state index contributed by atoms with van der Waals surface area (Å²) in [5, 5.41) is 17.7. The quantitative estimate of drug-likeness (QED) is 0.139. The molecule has 0 rings (SSSR count). The summed E-state index contributed by atoms with van der Waals surface area (Å²) in [6.07, 6.45) is 25.0. The molecule has 0 aromatic carbocycles. The number of hydrogen-bond acceptors (Lipinski definition) is 4. The number of carbonyl (C=O) groups excluding carboxylic acids is 1. The van der Waals surface area contributed by atoms with Crippen LogP contribution in [-0.4, -0.2) is 35.5 Å². The second-order valence-electron chi connectivity index (χ2n) is 7.92. The summed E-state index contributed by atoms with van der Waals surface area (Å²) < 4.78 is 4.86. The van der Waals surface area contributed by atoms with Gasteiger partial charge in [0.1, 0.15) is 6.10 Å². The van der Waals surface area contributed by atoms with Crippen LogP contribution in [0.15, 0.2) is 12.2 Å². The Balaban J connectivity index is 3.23. The lowest BCUT2D eigenvalue weighted by Gasteiger charge is -2.10. The number of hydrogen-bond donors (Lipinski definition) is 2. The van der Waals surface area contributed by atoms with E-state index in [4.69, 9.17) is 14.9 Å². The predicted molar refractivity (Wildman–Crippen MR) is 117 cm³/mol. The third kappa shape index (κ3) is 19.9. The van der Waals surface area contributed by atoms with Crippen molar-refractivity contribution < 1.29 is 19.7 Å². The molecule has 0 atom stereocenters. The van der Waals surface area contributed by atoms with Gasteiger partial charge in [-0.25, -0.2) is 4.79 Å². The van der Waals surface area contributed by atoms with Gasteiger partial charge in [0.2, 0.25) is 0 Å². The van der Waals surface area contributed by atoms with E-state index in [0.29, 0.717) is 0 Å². The number of unbranched alkanes of at least 4 members (excludes halogenated alkanes) is 16. The van der Waals surface area contributed by atoms with Crippen molar-refractivity contribution in [3.8, 4) is 0 Å². The molecule has 0 radical (unpaired) electrons. The highest BCUT2D eigenvalue weighted by molar-refractivity contribution is 5.82. The van der Waals surface area contributed by atoms with Crippen molar-refractivity contribution in [2.45, 2.75) is 122 Å². The molecule has 0 unspecified atom stereocenters. The molecule has 4 heteroatoms. The fourth-order valence-corrected chi connectivity index (χ4v) is 3.33. The second-order valence-corrected chi connectivity index (χ2v) is 7.92. The minimum atomic E-state index is -0.812. The Kier molecular flexibility index (Phi) is 21.7. The maximum Gasteiger partial charge on any atom is 0.330 e. The number of carbonyl (C=O) groups is 1. The molecule has 0 aliphatic carbocycles. The Morgan fingerprint density at radius 3 is 1.50 bits per heavy atom. The van der Waals surface area contributed by atoms with Gasteiger partial charge in [0.15, 0.2) is 0 Å². The second kappa shape index (κ2) is 22.4. The van der Waals surface area contributed by atoms with Crippen LogP contribution in [0.3, 0.4) is 0 Å². The summed E-state index contributed by atoms with van der Waals surface area (Å²) in [5.74, 6) is -0.496. The maximum absolute atomic E-state index is 11.4. The number of rotatable bonds is 21. The molecule has 0 aromatic heterocycles. The van der Waals surface area contributed by atoms with Crippen LogP contribution in [0.25, 0.3) is 0 Å². The highest BCUT2D eigenvalue weighted by atomic mass is 16.6. The molecule has 2 N–H and O–H groups in total. The van der Waals surface area contributed by atoms with Crippen LogP contribution in [0.1, 0.15) is 116 Å². The Morgan fingerprint density at radius 1 is 0.714 bits per heavy atom. The molecular formula is C24H46O4. The van der Waals surface area contributed by atoms with Crippen molar-refractivity contribution in [3.05, 3.63) is 12.2 Å². The fraction of sp³-hybridized carbons (Fsp3) is 0.875. The van der Waals surface area contributed by atoms with Crippen LogP contribution < -0.4 is 0 Å². The van der Waals surface area contributed by atoms with Crippen LogP contribution in [0.4, 0.5) is 0 Å². The number of esters is 1. The lowest BCUT2D eigenvalue weighted by atomic mass is 10.0. The summed E-state index contributed by atoms with van der Waals surface area (Å²) in [5.41, 5.74) is 0. The topological polar surface area (TPSA) is 66.8 Å². The molecule has 0 spiro atoms. The Morgan fingerprint density at radius 2 is 1.11 bits per heavy atom. The first-order valence-corrected chi connectivity index (χ1v) is 11.8. The predicted octanol–water partition coefficient (Wildman–Crippen LogP) is 6.09. The smallest absolute Gasteiger partial charge is 0.330 e. The van der Waals surface area contributed by atoms with Crippen LogP contribution in [0, 0.1) is 0 Å². The number of ether oxygens (including phenoxy) is 1. The minimum absolute atomic E-state index is 0.352. The highest BCUT2D eigenvalue weighted by Crippen LogP contribution is 2.14. The maximum atomic E-state index is 11.4. The molecule has 166 valence electrons. The summed E-state index contributed by atoms with van der Waals surface area (Å²) in [4.78, 5) is 11.4. The van der Waals surface area contributed by atoms with E-state index in [1.54, 1.807) is 0 Å². The van der Waals surface area contributed by atoms with Gasteiger partial charge in [-0.3, -0.25) is 0 Å². The number of aliphatic hydroxyl groups is 2. The van der Waals surface area contributed by atoms with Crippen molar-refractivity contribution in [1.29, 1.82) is 0 Å². The van der Waals surface area contributed by atoms with Gasteiger partial charge in [0, 0.05) is 6.08 Å². The summed E-state index contributed by atoms with van der Waals surface area (Å²) in [6, 6.07) is 0. The molecule has 0 bridgehead atoms. The first kappa shape index (κ1) is 27.1. The molecule has 0 aliphatic heterocycles. The van der Waals surface area contributed by atoms with E-state index in [1.165, 1.54) is 102 Å². The average molecular weight is 399 g/mol. The number of allylic oxidation sites excluding steroid dienone is 1. The van der Waals surface area contributed by atoms with Crippen molar-refractivity contribution in [1.82, 2.24) is 0 Å². The van der Waals surface area contributed by atoms with Gasteiger partial charge < -0.3 is 14.9 Å². The van der Waals surface area contributed by atoms with Crippen LogP contribution in [0.2, 0.25) is 0 Å². The monoisotopic (exact) mass is 398 g/mol. The van der Waals surface area contributed by atoms with Gasteiger partial charge in [0.05, 0.1) is 13.2 Å². The molecule has 0 saturated carbocycles. The first-order chi connectivity index (χ1) is 13.7. The lowest BCUT2D eigenvalue weighted by molar-refractivity contribution is -0.147. The minimum Gasteiger partial charge on any atom is -0.454 e. The molecule has 4 nitrogen and oxygen atoms in total. The molecule has 0 aliphatic rings. The standard InChI is InChI=1S/C24H46O4/c1-2-3-4-5-6-7-8-9-10-11-12-13-14-15-16-17-18-19-20-24(27)28-23(21-25)22-26/h19-20,23,25-26H,2-18,21-22H2,1H3. The molecule has 0 saturated heterocycles. The SMILES string of the molecule is CCCCCCCCCCCCCCCCCCC=CC(=O)OC(CO)CO. The first-order valence-electron chi connectivity index (χ1n) is 11.8. The van der Waals surface area contributed by atoms with Gasteiger partial charge in [-0.2, -0.15) is 0 Å². The Hall–Kier alpha value is -0.870. The van der Waals surface area contributed by atoms with Gasteiger partial charge in [-0.1, -0.05) is 109 Å². The van der Waals surface area contributed by atoms with Crippen molar-refractivity contribution in [2.24, 2.45) is 0 Å². The normalized spacial score (nSPS) is 11.6. The van der Waals surface area contributed by atoms with E-state index in [2.05, 4.69) is 6.92 Å². The summed E-state index contributed by atoms with van der Waals surface area (Å²) >= 11 is 0. The van der Waals surface area contributed by atoms with E-state index in [1.807, 2.05) is 6.08 Å². The van der Waals surface area contributed by atoms with E-state index >= 15 is 0 Å². The number of aliphatic hydroxyl groups excluding tert-OH is 2. The third-order valence-corrected chi connectivity index (χ3v) is 5.17. The molecule has 0 heterocycles. The molecule has 0 fully saturated rings. The van der Waals surface area contributed by atoms with Gasteiger partial charge in [0.25, 0.3) is 0 Å². The molecule has 0 aromatic rings. The zero-order chi connectivity index (χ0) is 20.7. The van der Waals surface area contributed by atoms with Crippen LogP contribution in [0.5, 0.6) is 0 Å². The largest absolute Gasteiger partial charge is 0.454 e. The molecule has 0 amide bonds. The summed E-state index contributed by atoms with van der Waals surface area (Å²) in [6.45, 7) is 1.57. The summed E-state index contributed by atoms with van der Waals surface area (Å²) in [7, 11) is 0. The van der Waals surface area contributed by atoms with E-state index < -0.39 is 12.1 Å². The van der Waals surface area contributed by atoms with E-state index in [-0.39, 0.29) is 13.2 Å².